The van der Waals surface area contributed by atoms with E-state index in [-0.39, 0.29) is 12.3 Å². The van der Waals surface area contributed by atoms with Gasteiger partial charge in [-0.25, -0.2) is 4.79 Å². The third-order valence-electron chi connectivity index (χ3n) is 2.41. The summed E-state index contributed by atoms with van der Waals surface area (Å²) in [5, 5.41) is 2.42. The van der Waals surface area contributed by atoms with Crippen LogP contribution in [0.15, 0.2) is 45.5 Å². The molecule has 1 aromatic carbocycles. The predicted molar refractivity (Wildman–Crippen MR) is 75.6 cm³/mol. The molecule has 0 aliphatic heterocycles. The summed E-state index contributed by atoms with van der Waals surface area (Å²) in [5.41, 5.74) is 0.986. The predicted octanol–water partition coefficient (Wildman–Crippen LogP) is 2.69. The SMILES string of the molecule is Cc1cccc(OC(=O)CNC(=O)c2ccc(Br)o2)c1. The van der Waals surface area contributed by atoms with E-state index in [0.717, 1.165) is 5.56 Å². The molecular formula is C14H12BrNO4. The van der Waals surface area contributed by atoms with Gasteiger partial charge in [0.15, 0.2) is 10.4 Å². The van der Waals surface area contributed by atoms with Crippen molar-refractivity contribution in [2.75, 3.05) is 6.54 Å². The maximum Gasteiger partial charge on any atom is 0.330 e. The second-order valence-electron chi connectivity index (χ2n) is 4.08. The first-order valence-corrected chi connectivity index (χ1v) is 6.65. The number of hydrogen-bond acceptors (Lipinski definition) is 4. The normalized spacial score (nSPS) is 10.1. The highest BCUT2D eigenvalue weighted by molar-refractivity contribution is 9.10. The molecule has 1 amide bonds. The molecule has 20 heavy (non-hydrogen) atoms. The standard InChI is InChI=1S/C14H12BrNO4/c1-9-3-2-4-10(7-9)19-13(17)8-16-14(18)11-5-6-12(15)20-11/h2-7H,8H2,1H3,(H,16,18). The van der Waals surface area contributed by atoms with Gasteiger partial charge in [-0.3, -0.25) is 4.79 Å². The van der Waals surface area contributed by atoms with Gasteiger partial charge < -0.3 is 14.5 Å². The fourth-order valence-corrected chi connectivity index (χ4v) is 1.83. The topological polar surface area (TPSA) is 68.5 Å². The number of hydrogen-bond donors (Lipinski definition) is 1. The van der Waals surface area contributed by atoms with Crippen LogP contribution in [0.25, 0.3) is 0 Å². The van der Waals surface area contributed by atoms with E-state index in [0.29, 0.717) is 10.4 Å². The van der Waals surface area contributed by atoms with Gasteiger partial charge in [0.2, 0.25) is 0 Å². The van der Waals surface area contributed by atoms with Gasteiger partial charge in [0, 0.05) is 0 Å². The van der Waals surface area contributed by atoms with Crippen LogP contribution >= 0.6 is 15.9 Å². The molecule has 0 bridgehead atoms. The zero-order valence-electron chi connectivity index (χ0n) is 10.7. The molecule has 6 heteroatoms. The number of halogens is 1. The number of aryl methyl sites for hydroxylation is 1. The van der Waals surface area contributed by atoms with Crippen molar-refractivity contribution in [3.8, 4) is 5.75 Å². The number of amides is 1. The Bertz CT molecular complexity index is 636. The average Bonchev–Trinajstić information content (AvgIpc) is 2.83. The molecule has 5 nitrogen and oxygen atoms in total. The second-order valence-corrected chi connectivity index (χ2v) is 4.86. The monoisotopic (exact) mass is 337 g/mol. The average molecular weight is 338 g/mol. The summed E-state index contributed by atoms with van der Waals surface area (Å²) in [6.45, 7) is 1.67. The lowest BCUT2D eigenvalue weighted by Gasteiger charge is -2.05. The Labute approximate surface area is 124 Å². The molecule has 1 heterocycles. The van der Waals surface area contributed by atoms with Crippen LogP contribution in [0.3, 0.4) is 0 Å². The summed E-state index contributed by atoms with van der Waals surface area (Å²) in [5.74, 6) is -0.448. The van der Waals surface area contributed by atoms with E-state index in [2.05, 4.69) is 21.2 Å². The minimum Gasteiger partial charge on any atom is -0.444 e. The minimum atomic E-state index is -0.547. The first-order chi connectivity index (χ1) is 9.54. The number of benzene rings is 1. The molecule has 0 aliphatic rings. The first kappa shape index (κ1) is 14.3. The number of nitrogens with one attached hydrogen (secondary N) is 1. The van der Waals surface area contributed by atoms with Crippen molar-refractivity contribution in [1.82, 2.24) is 5.32 Å². The van der Waals surface area contributed by atoms with E-state index < -0.39 is 11.9 Å². The van der Waals surface area contributed by atoms with Crippen molar-refractivity contribution in [3.63, 3.8) is 0 Å². The van der Waals surface area contributed by atoms with E-state index in [4.69, 9.17) is 9.15 Å². The van der Waals surface area contributed by atoms with E-state index in [1.54, 1.807) is 24.3 Å². The van der Waals surface area contributed by atoms with Gasteiger partial charge in [-0.15, -0.1) is 0 Å². The number of rotatable bonds is 4. The molecule has 0 fully saturated rings. The smallest absolute Gasteiger partial charge is 0.330 e. The summed E-state index contributed by atoms with van der Waals surface area (Å²) in [4.78, 5) is 23.2. The Balaban J connectivity index is 1.85. The lowest BCUT2D eigenvalue weighted by atomic mass is 10.2. The fraction of sp³-hybridized carbons (Fsp3) is 0.143. The van der Waals surface area contributed by atoms with E-state index in [1.165, 1.54) is 6.07 Å². The van der Waals surface area contributed by atoms with Crippen LogP contribution in [0.1, 0.15) is 16.1 Å². The van der Waals surface area contributed by atoms with Crippen molar-refractivity contribution >= 4 is 27.8 Å². The molecule has 0 saturated heterocycles. The number of furan rings is 1. The maximum atomic E-state index is 11.6. The number of carbonyl (C=O) groups is 2. The summed E-state index contributed by atoms with van der Waals surface area (Å²) >= 11 is 3.09. The van der Waals surface area contributed by atoms with Crippen LogP contribution in [0, 0.1) is 6.92 Å². The Morgan fingerprint density at radius 2 is 2.10 bits per heavy atom. The Kier molecular flexibility index (Phi) is 4.57. The van der Waals surface area contributed by atoms with E-state index in [9.17, 15) is 9.59 Å². The van der Waals surface area contributed by atoms with Crippen LogP contribution in [-0.2, 0) is 4.79 Å². The highest BCUT2D eigenvalue weighted by Gasteiger charge is 2.12. The van der Waals surface area contributed by atoms with Crippen molar-refractivity contribution in [2.45, 2.75) is 6.92 Å². The van der Waals surface area contributed by atoms with Crippen molar-refractivity contribution in [2.24, 2.45) is 0 Å². The summed E-state index contributed by atoms with van der Waals surface area (Å²) in [6.07, 6.45) is 0. The zero-order valence-corrected chi connectivity index (χ0v) is 12.3. The van der Waals surface area contributed by atoms with Crippen molar-refractivity contribution in [1.29, 1.82) is 0 Å². The lowest BCUT2D eigenvalue weighted by molar-refractivity contribution is -0.133. The van der Waals surface area contributed by atoms with Gasteiger partial charge in [-0.2, -0.15) is 0 Å². The molecule has 1 aromatic heterocycles. The molecule has 0 atom stereocenters. The Hall–Kier alpha value is -2.08. The number of carbonyl (C=O) groups excluding carboxylic acids is 2. The highest BCUT2D eigenvalue weighted by Crippen LogP contribution is 2.14. The summed E-state index contributed by atoms with van der Waals surface area (Å²) in [7, 11) is 0. The highest BCUT2D eigenvalue weighted by atomic mass is 79.9. The zero-order chi connectivity index (χ0) is 14.5. The number of ether oxygens (including phenoxy) is 1. The van der Waals surface area contributed by atoms with Crippen molar-refractivity contribution < 1.29 is 18.7 Å². The third kappa shape index (κ3) is 3.96. The molecule has 0 unspecified atom stereocenters. The molecule has 2 aromatic rings. The third-order valence-corrected chi connectivity index (χ3v) is 2.84. The van der Waals surface area contributed by atoms with E-state index in [1.807, 2.05) is 13.0 Å². The first-order valence-electron chi connectivity index (χ1n) is 5.85. The van der Waals surface area contributed by atoms with Crippen LogP contribution < -0.4 is 10.1 Å². The minimum absolute atomic E-state index is 0.125. The van der Waals surface area contributed by atoms with Crippen LogP contribution in [0.5, 0.6) is 5.75 Å². The van der Waals surface area contributed by atoms with Gasteiger partial charge in [0.1, 0.15) is 12.3 Å². The summed E-state index contributed by atoms with van der Waals surface area (Å²) in [6, 6.07) is 10.2. The maximum absolute atomic E-state index is 11.6. The second kappa shape index (κ2) is 6.38. The number of esters is 1. The van der Waals surface area contributed by atoms with Crippen LogP contribution in [-0.4, -0.2) is 18.4 Å². The van der Waals surface area contributed by atoms with E-state index >= 15 is 0 Å². The quantitative estimate of drug-likeness (QED) is 0.687. The Morgan fingerprint density at radius 1 is 1.30 bits per heavy atom. The molecule has 0 aliphatic carbocycles. The molecule has 2 rings (SSSR count). The summed E-state index contributed by atoms with van der Waals surface area (Å²) < 4.78 is 10.6. The molecule has 0 radical (unpaired) electrons. The van der Waals surface area contributed by atoms with Crippen molar-refractivity contribution in [3.05, 3.63) is 52.4 Å². The van der Waals surface area contributed by atoms with Gasteiger partial charge >= 0.3 is 5.97 Å². The Morgan fingerprint density at radius 3 is 2.75 bits per heavy atom. The largest absolute Gasteiger partial charge is 0.444 e. The van der Waals surface area contributed by atoms with Gasteiger partial charge in [-0.1, -0.05) is 12.1 Å². The molecule has 1 N–H and O–H groups in total. The lowest BCUT2D eigenvalue weighted by Crippen LogP contribution is -2.31. The van der Waals surface area contributed by atoms with Crippen LogP contribution in [0.4, 0.5) is 0 Å². The molecule has 0 saturated carbocycles. The van der Waals surface area contributed by atoms with Gasteiger partial charge in [0.05, 0.1) is 0 Å². The molecule has 104 valence electrons. The van der Waals surface area contributed by atoms with Gasteiger partial charge in [-0.05, 0) is 52.7 Å². The van der Waals surface area contributed by atoms with Crippen LogP contribution in [0.2, 0.25) is 0 Å². The fourth-order valence-electron chi connectivity index (χ4n) is 1.52. The molecular weight excluding hydrogens is 326 g/mol. The van der Waals surface area contributed by atoms with Gasteiger partial charge in [0.25, 0.3) is 5.91 Å². The molecule has 0 spiro atoms.